The quantitative estimate of drug-likeness (QED) is 0.443. The first-order valence-electron chi connectivity index (χ1n) is 6.45. The van der Waals surface area contributed by atoms with Gasteiger partial charge in [0, 0.05) is 15.9 Å². The second-order valence-electron chi connectivity index (χ2n) is 4.02. The number of esters is 1. The third kappa shape index (κ3) is 6.45. The molecule has 0 bridgehead atoms. The maximum atomic E-state index is 11.4. The van der Waals surface area contributed by atoms with Crippen LogP contribution in [0.3, 0.4) is 0 Å². The monoisotopic (exact) mass is 345 g/mol. The molecule has 0 aromatic heterocycles. The van der Waals surface area contributed by atoms with Crippen molar-refractivity contribution >= 4 is 33.7 Å². The number of carbonyl (C=O) groups excluding carboxylic acids is 1. The average molecular weight is 346 g/mol. The molecule has 0 aliphatic rings. The zero-order valence-electron chi connectivity index (χ0n) is 11.4. The molecule has 0 saturated carbocycles. The molecule has 106 valence electrons. The maximum Gasteiger partial charge on any atom is 0.316 e. The van der Waals surface area contributed by atoms with Crippen molar-refractivity contribution in [2.24, 2.45) is 0 Å². The Hall–Kier alpha value is -0.520. The van der Waals surface area contributed by atoms with Crippen LogP contribution in [0.4, 0.5) is 0 Å². The molecule has 0 atom stereocenters. The van der Waals surface area contributed by atoms with Crippen LogP contribution in [-0.4, -0.2) is 24.9 Å². The highest BCUT2D eigenvalue weighted by atomic mass is 79.9. The van der Waals surface area contributed by atoms with E-state index in [1.165, 1.54) is 17.3 Å². The van der Waals surface area contributed by atoms with Crippen molar-refractivity contribution < 1.29 is 9.53 Å². The van der Waals surface area contributed by atoms with Crippen molar-refractivity contribution in [3.05, 3.63) is 28.2 Å². The average Bonchev–Trinajstić information content (AvgIpc) is 2.38. The third-order valence-electron chi connectivity index (χ3n) is 2.42. The molecule has 0 saturated heterocycles. The molecule has 0 heterocycles. The number of benzene rings is 1. The minimum absolute atomic E-state index is 0.164. The lowest BCUT2D eigenvalue weighted by molar-refractivity contribution is -0.139. The van der Waals surface area contributed by atoms with Crippen molar-refractivity contribution in [2.45, 2.75) is 31.7 Å². The lowest BCUT2D eigenvalue weighted by Gasteiger charge is -2.10. The van der Waals surface area contributed by atoms with E-state index in [4.69, 9.17) is 4.74 Å². The molecule has 19 heavy (non-hydrogen) atoms. The third-order valence-corrected chi connectivity index (χ3v) is 4.00. The summed E-state index contributed by atoms with van der Waals surface area (Å²) in [6.07, 6.45) is 1.11. The lowest BCUT2D eigenvalue weighted by Crippen LogP contribution is -2.14. The second kappa shape index (κ2) is 9.39. The number of carbonyl (C=O) groups is 1. The van der Waals surface area contributed by atoms with Gasteiger partial charge in [0.1, 0.15) is 0 Å². The molecule has 0 aliphatic heterocycles. The fraction of sp³-hybridized carbons (Fsp3) is 0.500. The fourth-order valence-electron chi connectivity index (χ4n) is 1.57. The van der Waals surface area contributed by atoms with Gasteiger partial charge < -0.3 is 10.1 Å². The zero-order valence-corrected chi connectivity index (χ0v) is 13.8. The van der Waals surface area contributed by atoms with Crippen LogP contribution in [0.15, 0.2) is 27.6 Å². The molecule has 1 N–H and O–H groups in total. The Kier molecular flexibility index (Phi) is 8.18. The van der Waals surface area contributed by atoms with E-state index in [9.17, 15) is 4.79 Å². The van der Waals surface area contributed by atoms with E-state index in [1.54, 1.807) is 0 Å². The predicted molar refractivity (Wildman–Crippen MR) is 83.5 cm³/mol. The van der Waals surface area contributed by atoms with E-state index >= 15 is 0 Å². The number of hydrogen-bond donors (Lipinski definition) is 1. The van der Waals surface area contributed by atoms with Crippen molar-refractivity contribution in [3.8, 4) is 0 Å². The number of halogens is 1. The van der Waals surface area contributed by atoms with Gasteiger partial charge in [-0.1, -0.05) is 22.9 Å². The van der Waals surface area contributed by atoms with E-state index in [2.05, 4.69) is 34.2 Å². The Morgan fingerprint density at radius 2 is 2.21 bits per heavy atom. The van der Waals surface area contributed by atoms with Gasteiger partial charge in [-0.15, -0.1) is 11.8 Å². The molecule has 5 heteroatoms. The van der Waals surface area contributed by atoms with E-state index < -0.39 is 0 Å². The molecular formula is C14H20BrNO2S. The highest BCUT2D eigenvalue weighted by Crippen LogP contribution is 2.26. The molecule has 3 nitrogen and oxygen atoms in total. The normalized spacial score (nSPS) is 10.5. The van der Waals surface area contributed by atoms with Crippen LogP contribution in [0, 0.1) is 0 Å². The molecule has 0 fully saturated rings. The summed E-state index contributed by atoms with van der Waals surface area (Å²) in [7, 11) is 0. The van der Waals surface area contributed by atoms with Gasteiger partial charge in [-0.3, -0.25) is 4.79 Å². The van der Waals surface area contributed by atoms with E-state index in [0.29, 0.717) is 12.4 Å². The summed E-state index contributed by atoms with van der Waals surface area (Å²) >= 11 is 5.01. The second-order valence-corrected chi connectivity index (χ2v) is 5.96. The summed E-state index contributed by atoms with van der Waals surface area (Å²) in [5.41, 5.74) is 1.21. The van der Waals surface area contributed by atoms with E-state index in [1.807, 2.05) is 19.1 Å². The molecule has 0 unspecified atom stereocenters. The standard InChI is InChI=1S/C14H20BrNO2S/c1-3-7-16-9-11-8-12(15)5-6-13(11)19-10-14(17)18-4-2/h5-6,8,16H,3-4,7,9-10H2,1-2H3. The first kappa shape index (κ1) is 16.5. The van der Waals surface area contributed by atoms with Gasteiger partial charge >= 0.3 is 5.97 Å². The summed E-state index contributed by atoms with van der Waals surface area (Å²) in [5.74, 6) is 0.193. The number of thioether (sulfide) groups is 1. The lowest BCUT2D eigenvalue weighted by atomic mass is 10.2. The van der Waals surface area contributed by atoms with Gasteiger partial charge in [-0.2, -0.15) is 0 Å². The first-order chi connectivity index (χ1) is 9.17. The Morgan fingerprint density at radius 3 is 2.89 bits per heavy atom. The van der Waals surface area contributed by atoms with Crippen LogP contribution in [0.5, 0.6) is 0 Å². The van der Waals surface area contributed by atoms with Crippen LogP contribution >= 0.6 is 27.7 Å². The molecular weight excluding hydrogens is 326 g/mol. The SMILES string of the molecule is CCCNCc1cc(Br)ccc1SCC(=O)OCC. The molecule has 1 aromatic carbocycles. The van der Waals surface area contributed by atoms with Crippen molar-refractivity contribution in [2.75, 3.05) is 18.9 Å². The highest BCUT2D eigenvalue weighted by Gasteiger charge is 2.08. The topological polar surface area (TPSA) is 38.3 Å². The molecule has 1 aromatic rings. The smallest absolute Gasteiger partial charge is 0.316 e. The molecule has 0 amide bonds. The van der Waals surface area contributed by atoms with Gasteiger partial charge in [0.15, 0.2) is 0 Å². The van der Waals surface area contributed by atoms with Gasteiger partial charge in [0.2, 0.25) is 0 Å². The molecule has 1 rings (SSSR count). The Balaban J connectivity index is 2.62. The maximum absolute atomic E-state index is 11.4. The molecule has 0 radical (unpaired) electrons. The van der Waals surface area contributed by atoms with Crippen LogP contribution in [0.2, 0.25) is 0 Å². The number of rotatable bonds is 8. The van der Waals surface area contributed by atoms with Crippen LogP contribution in [0.1, 0.15) is 25.8 Å². The number of nitrogens with one attached hydrogen (secondary N) is 1. The van der Waals surface area contributed by atoms with Crippen molar-refractivity contribution in [3.63, 3.8) is 0 Å². The predicted octanol–water partition coefficient (Wildman–Crippen LogP) is 3.60. The van der Waals surface area contributed by atoms with Gasteiger partial charge in [-0.05, 0) is 43.7 Å². The van der Waals surface area contributed by atoms with Crippen molar-refractivity contribution in [1.82, 2.24) is 5.32 Å². The summed E-state index contributed by atoms with van der Waals surface area (Å²) in [6.45, 7) is 6.21. The Labute approximate surface area is 127 Å². The van der Waals surface area contributed by atoms with E-state index in [0.717, 1.165) is 28.9 Å². The summed E-state index contributed by atoms with van der Waals surface area (Å²) < 4.78 is 6.00. The number of ether oxygens (including phenoxy) is 1. The van der Waals surface area contributed by atoms with Crippen LogP contribution in [0.25, 0.3) is 0 Å². The largest absolute Gasteiger partial charge is 0.465 e. The van der Waals surface area contributed by atoms with Crippen LogP contribution in [-0.2, 0) is 16.1 Å². The van der Waals surface area contributed by atoms with Crippen LogP contribution < -0.4 is 5.32 Å². The minimum atomic E-state index is -0.164. The van der Waals surface area contributed by atoms with E-state index in [-0.39, 0.29) is 5.97 Å². The van der Waals surface area contributed by atoms with Gasteiger partial charge in [-0.25, -0.2) is 0 Å². The fourth-order valence-corrected chi connectivity index (χ4v) is 2.81. The minimum Gasteiger partial charge on any atom is -0.465 e. The van der Waals surface area contributed by atoms with Gasteiger partial charge in [0.25, 0.3) is 0 Å². The molecule has 0 aliphatic carbocycles. The summed E-state index contributed by atoms with van der Waals surface area (Å²) in [6, 6.07) is 6.13. The molecule has 0 spiro atoms. The Bertz CT molecular complexity index is 412. The number of hydrogen-bond acceptors (Lipinski definition) is 4. The Morgan fingerprint density at radius 1 is 1.42 bits per heavy atom. The summed E-state index contributed by atoms with van der Waals surface area (Å²) in [4.78, 5) is 12.5. The van der Waals surface area contributed by atoms with Gasteiger partial charge in [0.05, 0.1) is 12.4 Å². The zero-order chi connectivity index (χ0) is 14.1. The first-order valence-corrected chi connectivity index (χ1v) is 8.22. The highest BCUT2D eigenvalue weighted by molar-refractivity contribution is 9.10. The van der Waals surface area contributed by atoms with Crippen molar-refractivity contribution in [1.29, 1.82) is 0 Å². The summed E-state index contributed by atoms with van der Waals surface area (Å²) in [5, 5.41) is 3.38.